The molecule has 0 amide bonds. The number of benzene rings is 1. The normalized spacial score (nSPS) is 15.1. The lowest BCUT2D eigenvalue weighted by atomic mass is 10.2. The third-order valence-electron chi connectivity index (χ3n) is 3.13. The van der Waals surface area contributed by atoms with Crippen molar-refractivity contribution in [2.75, 3.05) is 13.1 Å². The second kappa shape index (κ2) is 7.03. The van der Waals surface area contributed by atoms with Crippen LogP contribution in [0.15, 0.2) is 23.1 Å². The van der Waals surface area contributed by atoms with Crippen molar-refractivity contribution in [2.24, 2.45) is 0 Å². The Labute approximate surface area is 137 Å². The fraction of sp³-hybridized carbons (Fsp3) is 0.462. The molecule has 0 aromatic heterocycles. The summed E-state index contributed by atoms with van der Waals surface area (Å²) in [6.07, 6.45) is 3.10. The zero-order chi connectivity index (χ0) is 15.5. The quantitative estimate of drug-likeness (QED) is 0.434. The first-order chi connectivity index (χ1) is 9.90. The predicted molar refractivity (Wildman–Crippen MR) is 86.9 cm³/mol. The van der Waals surface area contributed by atoms with E-state index in [0.717, 1.165) is 6.54 Å². The molecule has 1 saturated carbocycles. The van der Waals surface area contributed by atoms with E-state index in [1.807, 2.05) is 22.6 Å². The molecule has 6 nitrogen and oxygen atoms in total. The van der Waals surface area contributed by atoms with Crippen LogP contribution in [0.2, 0.25) is 0 Å². The van der Waals surface area contributed by atoms with E-state index < -0.39 is 16.0 Å². The lowest BCUT2D eigenvalue weighted by Gasteiger charge is -2.08. The Kier molecular flexibility index (Phi) is 5.58. The van der Waals surface area contributed by atoms with Crippen LogP contribution in [0.25, 0.3) is 0 Å². The van der Waals surface area contributed by atoms with Crippen LogP contribution in [0.4, 0.5) is 0 Å². The smallest absolute Gasteiger partial charge is 0.336 e. The Morgan fingerprint density at radius 2 is 2.05 bits per heavy atom. The molecule has 0 saturated heterocycles. The van der Waals surface area contributed by atoms with Gasteiger partial charge in [0.2, 0.25) is 10.0 Å². The number of hydrogen-bond acceptors (Lipinski definition) is 4. The standard InChI is InChI=1S/C13H17IN2O4S/c14-12-5-4-10(8-11(12)13(17)18)21(19,20)16-7-1-6-15-9-2-3-9/h4-5,8-9,15-16H,1-3,6-7H2,(H,17,18). The molecule has 1 aliphatic rings. The highest BCUT2D eigenvalue weighted by molar-refractivity contribution is 14.1. The highest BCUT2D eigenvalue weighted by atomic mass is 127. The average Bonchev–Trinajstić information content (AvgIpc) is 3.22. The molecule has 2 rings (SSSR count). The van der Waals surface area contributed by atoms with E-state index in [9.17, 15) is 13.2 Å². The maximum Gasteiger partial charge on any atom is 0.336 e. The van der Waals surface area contributed by atoms with Crippen molar-refractivity contribution >= 4 is 38.6 Å². The Bertz CT molecular complexity index is 629. The summed E-state index contributed by atoms with van der Waals surface area (Å²) < 4.78 is 27.2. The minimum absolute atomic E-state index is 0.00567. The number of halogens is 1. The van der Waals surface area contributed by atoms with Gasteiger partial charge in [-0.3, -0.25) is 0 Å². The molecule has 1 aromatic carbocycles. The fourth-order valence-corrected chi connectivity index (χ4v) is 3.47. The van der Waals surface area contributed by atoms with Gasteiger partial charge in [-0.25, -0.2) is 17.9 Å². The van der Waals surface area contributed by atoms with Gasteiger partial charge in [-0.05, 0) is 66.6 Å². The number of carbonyl (C=O) groups is 1. The minimum Gasteiger partial charge on any atom is -0.478 e. The third-order valence-corrected chi connectivity index (χ3v) is 5.53. The molecular formula is C13H17IN2O4S. The van der Waals surface area contributed by atoms with Crippen LogP contribution in [-0.4, -0.2) is 38.6 Å². The fourth-order valence-electron chi connectivity index (χ4n) is 1.81. The molecule has 116 valence electrons. The van der Waals surface area contributed by atoms with Crippen LogP contribution in [-0.2, 0) is 10.0 Å². The van der Waals surface area contributed by atoms with Gasteiger partial charge in [0.25, 0.3) is 0 Å². The number of nitrogens with one attached hydrogen (secondary N) is 2. The Balaban J connectivity index is 1.94. The van der Waals surface area contributed by atoms with Gasteiger partial charge in [0.1, 0.15) is 0 Å². The minimum atomic E-state index is -3.66. The number of sulfonamides is 1. The molecule has 0 spiro atoms. The molecule has 0 radical (unpaired) electrons. The van der Waals surface area contributed by atoms with Gasteiger partial charge in [0.05, 0.1) is 10.5 Å². The molecule has 0 bridgehead atoms. The SMILES string of the molecule is O=C(O)c1cc(S(=O)(=O)NCCCNC2CC2)ccc1I. The maximum atomic E-state index is 12.1. The van der Waals surface area contributed by atoms with Crippen molar-refractivity contribution in [3.8, 4) is 0 Å². The number of hydrogen-bond donors (Lipinski definition) is 3. The van der Waals surface area contributed by atoms with Crippen molar-refractivity contribution < 1.29 is 18.3 Å². The van der Waals surface area contributed by atoms with E-state index in [-0.39, 0.29) is 10.5 Å². The van der Waals surface area contributed by atoms with Gasteiger partial charge in [-0.2, -0.15) is 0 Å². The van der Waals surface area contributed by atoms with E-state index >= 15 is 0 Å². The summed E-state index contributed by atoms with van der Waals surface area (Å²) in [6.45, 7) is 1.11. The van der Waals surface area contributed by atoms with Gasteiger partial charge in [0, 0.05) is 16.2 Å². The lowest BCUT2D eigenvalue weighted by Crippen LogP contribution is -2.28. The first-order valence-electron chi connectivity index (χ1n) is 6.66. The van der Waals surface area contributed by atoms with Crippen LogP contribution in [0.1, 0.15) is 29.6 Å². The maximum absolute atomic E-state index is 12.1. The molecule has 3 N–H and O–H groups in total. The van der Waals surface area contributed by atoms with Crippen molar-refractivity contribution in [3.05, 3.63) is 27.3 Å². The monoisotopic (exact) mass is 424 g/mol. The van der Waals surface area contributed by atoms with Gasteiger partial charge < -0.3 is 10.4 Å². The highest BCUT2D eigenvalue weighted by Gasteiger charge is 2.20. The van der Waals surface area contributed by atoms with Gasteiger partial charge >= 0.3 is 5.97 Å². The molecule has 21 heavy (non-hydrogen) atoms. The Morgan fingerprint density at radius 3 is 2.67 bits per heavy atom. The first kappa shape index (κ1) is 16.7. The second-order valence-corrected chi connectivity index (χ2v) is 7.86. The van der Waals surface area contributed by atoms with Crippen molar-refractivity contribution in [1.29, 1.82) is 0 Å². The number of carboxylic acids is 1. The van der Waals surface area contributed by atoms with Crippen molar-refractivity contribution in [3.63, 3.8) is 0 Å². The van der Waals surface area contributed by atoms with E-state index in [4.69, 9.17) is 5.11 Å². The molecule has 0 heterocycles. The van der Waals surface area contributed by atoms with Crippen LogP contribution in [0, 0.1) is 3.57 Å². The molecule has 1 fully saturated rings. The predicted octanol–water partition coefficient (Wildman–Crippen LogP) is 1.41. The summed E-state index contributed by atoms with van der Waals surface area (Å²) in [5, 5.41) is 12.3. The number of carboxylic acid groups (broad SMARTS) is 1. The number of aromatic carboxylic acids is 1. The molecule has 0 unspecified atom stereocenters. The Morgan fingerprint density at radius 1 is 1.33 bits per heavy atom. The van der Waals surface area contributed by atoms with E-state index in [2.05, 4.69) is 10.0 Å². The van der Waals surface area contributed by atoms with Crippen molar-refractivity contribution in [2.45, 2.75) is 30.2 Å². The summed E-state index contributed by atoms with van der Waals surface area (Å²) in [5.41, 5.74) is -0.00567. The zero-order valence-corrected chi connectivity index (χ0v) is 14.3. The van der Waals surface area contributed by atoms with Gasteiger partial charge in [-0.1, -0.05) is 0 Å². The van der Waals surface area contributed by atoms with Crippen molar-refractivity contribution in [1.82, 2.24) is 10.0 Å². The second-order valence-electron chi connectivity index (χ2n) is 4.93. The summed E-state index contributed by atoms with van der Waals surface area (Å²) in [6, 6.07) is 4.71. The molecule has 0 aliphatic heterocycles. The van der Waals surface area contributed by atoms with Crippen LogP contribution in [0.3, 0.4) is 0 Å². The summed E-state index contributed by atoms with van der Waals surface area (Å²) in [5.74, 6) is -1.13. The third kappa shape index (κ3) is 4.90. The largest absolute Gasteiger partial charge is 0.478 e. The van der Waals surface area contributed by atoms with Crippen LogP contribution >= 0.6 is 22.6 Å². The summed E-state index contributed by atoms with van der Waals surface area (Å²) in [4.78, 5) is 11.0. The lowest BCUT2D eigenvalue weighted by molar-refractivity contribution is 0.0695. The van der Waals surface area contributed by atoms with Crippen LogP contribution in [0.5, 0.6) is 0 Å². The zero-order valence-electron chi connectivity index (χ0n) is 11.3. The molecule has 0 atom stereocenters. The van der Waals surface area contributed by atoms with E-state index in [1.165, 1.54) is 31.0 Å². The average molecular weight is 424 g/mol. The molecule has 8 heteroatoms. The summed E-state index contributed by atoms with van der Waals surface area (Å²) in [7, 11) is -3.66. The van der Waals surface area contributed by atoms with Gasteiger partial charge in [0.15, 0.2) is 0 Å². The molecule has 1 aromatic rings. The van der Waals surface area contributed by atoms with Crippen LogP contribution < -0.4 is 10.0 Å². The number of rotatable bonds is 8. The van der Waals surface area contributed by atoms with E-state index in [0.29, 0.717) is 22.6 Å². The van der Waals surface area contributed by atoms with Gasteiger partial charge in [-0.15, -0.1) is 0 Å². The van der Waals surface area contributed by atoms with E-state index in [1.54, 1.807) is 0 Å². The Hall–Kier alpha value is -0.710. The molecule has 1 aliphatic carbocycles. The highest BCUT2D eigenvalue weighted by Crippen LogP contribution is 2.19. The molecular weight excluding hydrogens is 407 g/mol. The topological polar surface area (TPSA) is 95.5 Å². The summed E-state index contributed by atoms with van der Waals surface area (Å²) >= 11 is 1.87. The first-order valence-corrected chi connectivity index (χ1v) is 9.22.